The predicted octanol–water partition coefficient (Wildman–Crippen LogP) is 4.05. The van der Waals surface area contributed by atoms with Gasteiger partial charge in [0.2, 0.25) is 15.9 Å². The number of piperidine rings is 1. The largest absolute Gasteiger partial charge is 0.341 e. The predicted molar refractivity (Wildman–Crippen MR) is 111 cm³/mol. The number of nitrogens with zero attached hydrogens (tertiary/aromatic N) is 2. The van der Waals surface area contributed by atoms with Crippen LogP contribution in [-0.4, -0.2) is 43.7 Å². The Labute approximate surface area is 175 Å². The molecule has 28 heavy (non-hydrogen) atoms. The maximum atomic E-state index is 12.9. The highest BCUT2D eigenvalue weighted by Gasteiger charge is 2.34. The van der Waals surface area contributed by atoms with E-state index in [-0.39, 0.29) is 23.3 Å². The number of sulfonamides is 1. The Morgan fingerprint density at radius 2 is 1.64 bits per heavy atom. The molecule has 0 saturated carbocycles. The van der Waals surface area contributed by atoms with E-state index in [9.17, 15) is 13.2 Å². The highest BCUT2D eigenvalue weighted by atomic mass is 35.5. The van der Waals surface area contributed by atoms with E-state index in [1.165, 1.54) is 16.4 Å². The molecule has 2 aromatic carbocycles. The van der Waals surface area contributed by atoms with Gasteiger partial charge in [-0.05, 0) is 54.8 Å². The fourth-order valence-corrected chi connectivity index (χ4v) is 5.15. The quantitative estimate of drug-likeness (QED) is 0.704. The van der Waals surface area contributed by atoms with E-state index in [1.807, 2.05) is 12.1 Å². The van der Waals surface area contributed by atoms with Gasteiger partial charge in [0.25, 0.3) is 0 Å². The third kappa shape index (κ3) is 4.87. The first kappa shape index (κ1) is 21.1. The Kier molecular flexibility index (Phi) is 6.65. The summed E-state index contributed by atoms with van der Waals surface area (Å²) >= 11 is 11.8. The Morgan fingerprint density at radius 3 is 2.25 bits per heavy atom. The zero-order valence-electron chi connectivity index (χ0n) is 15.5. The standard InChI is InChI=1S/C20H22Cl2N2O3S/c1-23(13-15-4-6-17(21)7-5-15)20(25)16-3-2-12-24(14-16)28(26,27)19-10-8-18(22)9-11-19/h4-11,16H,2-3,12-14H2,1H3. The summed E-state index contributed by atoms with van der Waals surface area (Å²) in [6.07, 6.45) is 1.33. The third-order valence-electron chi connectivity index (χ3n) is 4.89. The zero-order valence-corrected chi connectivity index (χ0v) is 17.8. The van der Waals surface area contributed by atoms with Crippen LogP contribution >= 0.6 is 23.2 Å². The minimum Gasteiger partial charge on any atom is -0.341 e. The molecule has 8 heteroatoms. The first-order valence-corrected chi connectivity index (χ1v) is 11.2. The van der Waals surface area contributed by atoms with Crippen molar-refractivity contribution in [3.05, 3.63) is 64.1 Å². The average molecular weight is 441 g/mol. The highest BCUT2D eigenvalue weighted by molar-refractivity contribution is 7.89. The minimum atomic E-state index is -3.65. The van der Waals surface area contributed by atoms with Gasteiger partial charge in [0, 0.05) is 36.7 Å². The van der Waals surface area contributed by atoms with Crippen molar-refractivity contribution in [2.75, 3.05) is 20.1 Å². The summed E-state index contributed by atoms with van der Waals surface area (Å²) in [7, 11) is -1.91. The molecule has 2 aromatic rings. The summed E-state index contributed by atoms with van der Waals surface area (Å²) in [5.41, 5.74) is 0.974. The molecule has 0 N–H and O–H groups in total. The summed E-state index contributed by atoms with van der Waals surface area (Å²) in [6.45, 7) is 1.06. The molecule has 5 nitrogen and oxygen atoms in total. The summed E-state index contributed by atoms with van der Waals surface area (Å²) in [5.74, 6) is -0.404. The molecule has 150 valence electrons. The number of benzene rings is 2. The maximum absolute atomic E-state index is 12.9. The van der Waals surface area contributed by atoms with Crippen LogP contribution in [-0.2, 0) is 21.4 Å². The van der Waals surface area contributed by atoms with Crippen LogP contribution in [0.1, 0.15) is 18.4 Å². The van der Waals surface area contributed by atoms with Gasteiger partial charge in [0.05, 0.1) is 10.8 Å². The number of hydrogen-bond donors (Lipinski definition) is 0. The SMILES string of the molecule is CN(Cc1ccc(Cl)cc1)C(=O)C1CCCN(S(=O)(=O)c2ccc(Cl)cc2)C1. The minimum absolute atomic E-state index is 0.0500. The van der Waals surface area contributed by atoms with E-state index in [0.717, 1.165) is 5.56 Å². The van der Waals surface area contributed by atoms with E-state index >= 15 is 0 Å². The molecule has 0 bridgehead atoms. The van der Waals surface area contributed by atoms with Crippen LogP contribution < -0.4 is 0 Å². The fraction of sp³-hybridized carbons (Fsp3) is 0.350. The van der Waals surface area contributed by atoms with Crippen molar-refractivity contribution in [1.29, 1.82) is 0 Å². The van der Waals surface area contributed by atoms with Gasteiger partial charge in [0.15, 0.2) is 0 Å². The normalized spacial score (nSPS) is 18.0. The Bertz CT molecular complexity index is 931. The van der Waals surface area contributed by atoms with Crippen molar-refractivity contribution in [3.8, 4) is 0 Å². The summed E-state index contributed by atoms with van der Waals surface area (Å²) in [4.78, 5) is 14.7. The van der Waals surface area contributed by atoms with E-state index in [1.54, 1.807) is 36.2 Å². The summed E-state index contributed by atoms with van der Waals surface area (Å²) in [5, 5.41) is 1.13. The number of carbonyl (C=O) groups is 1. The maximum Gasteiger partial charge on any atom is 0.243 e. The van der Waals surface area contributed by atoms with Gasteiger partial charge in [-0.2, -0.15) is 4.31 Å². The number of amides is 1. The van der Waals surface area contributed by atoms with E-state index in [4.69, 9.17) is 23.2 Å². The van der Waals surface area contributed by atoms with Crippen LogP contribution in [0.5, 0.6) is 0 Å². The molecule has 1 aliphatic rings. The second-order valence-corrected chi connectivity index (χ2v) is 9.79. The van der Waals surface area contributed by atoms with Crippen LogP contribution in [0.3, 0.4) is 0 Å². The Hall–Kier alpha value is -1.60. The van der Waals surface area contributed by atoms with Crippen LogP contribution in [0.4, 0.5) is 0 Å². The van der Waals surface area contributed by atoms with Crippen molar-refractivity contribution >= 4 is 39.1 Å². The molecule has 1 atom stereocenters. The monoisotopic (exact) mass is 440 g/mol. The van der Waals surface area contributed by atoms with Gasteiger partial charge in [-0.3, -0.25) is 4.79 Å². The smallest absolute Gasteiger partial charge is 0.243 e. The number of carbonyl (C=O) groups excluding carboxylic acids is 1. The molecule has 3 rings (SSSR count). The first-order chi connectivity index (χ1) is 13.3. The first-order valence-electron chi connectivity index (χ1n) is 9.02. The van der Waals surface area contributed by atoms with Gasteiger partial charge in [0.1, 0.15) is 0 Å². The molecule has 0 radical (unpaired) electrons. The van der Waals surface area contributed by atoms with Gasteiger partial charge in [-0.25, -0.2) is 8.42 Å². The molecule has 0 aliphatic carbocycles. The number of rotatable bonds is 5. The van der Waals surface area contributed by atoms with Crippen molar-refractivity contribution in [2.24, 2.45) is 5.92 Å². The second kappa shape index (κ2) is 8.82. The molecule has 1 saturated heterocycles. The topological polar surface area (TPSA) is 57.7 Å². The Morgan fingerprint density at radius 1 is 1.07 bits per heavy atom. The Balaban J connectivity index is 1.68. The molecule has 0 spiro atoms. The highest BCUT2D eigenvalue weighted by Crippen LogP contribution is 2.26. The van der Waals surface area contributed by atoms with Gasteiger partial charge in [-0.1, -0.05) is 35.3 Å². The van der Waals surface area contributed by atoms with Crippen molar-refractivity contribution in [3.63, 3.8) is 0 Å². The van der Waals surface area contributed by atoms with Crippen LogP contribution in [0, 0.1) is 5.92 Å². The van der Waals surface area contributed by atoms with Gasteiger partial charge in [-0.15, -0.1) is 0 Å². The molecule has 1 amide bonds. The molecule has 1 aliphatic heterocycles. The van der Waals surface area contributed by atoms with E-state index in [2.05, 4.69) is 0 Å². The molecule has 0 aromatic heterocycles. The van der Waals surface area contributed by atoms with E-state index < -0.39 is 10.0 Å². The lowest BCUT2D eigenvalue weighted by molar-refractivity contribution is -0.135. The van der Waals surface area contributed by atoms with Gasteiger partial charge < -0.3 is 4.90 Å². The number of halogens is 2. The molecule has 1 heterocycles. The van der Waals surface area contributed by atoms with Crippen LogP contribution in [0.2, 0.25) is 10.0 Å². The van der Waals surface area contributed by atoms with Crippen LogP contribution in [0.15, 0.2) is 53.4 Å². The third-order valence-corrected chi connectivity index (χ3v) is 7.28. The molecule has 1 fully saturated rings. The summed E-state index contributed by atoms with van der Waals surface area (Å²) < 4.78 is 27.2. The molecular weight excluding hydrogens is 419 g/mol. The lowest BCUT2D eigenvalue weighted by Crippen LogP contribution is -2.45. The van der Waals surface area contributed by atoms with Crippen molar-refractivity contribution in [2.45, 2.75) is 24.3 Å². The average Bonchev–Trinajstić information content (AvgIpc) is 2.69. The lowest BCUT2D eigenvalue weighted by atomic mass is 9.98. The fourth-order valence-electron chi connectivity index (χ4n) is 3.37. The summed E-state index contributed by atoms with van der Waals surface area (Å²) in [6, 6.07) is 13.4. The zero-order chi connectivity index (χ0) is 20.3. The molecular formula is C20H22Cl2N2O3S. The van der Waals surface area contributed by atoms with Crippen LogP contribution in [0.25, 0.3) is 0 Å². The van der Waals surface area contributed by atoms with Crippen molar-refractivity contribution in [1.82, 2.24) is 9.21 Å². The lowest BCUT2D eigenvalue weighted by Gasteiger charge is -2.33. The number of hydrogen-bond acceptors (Lipinski definition) is 3. The van der Waals surface area contributed by atoms with Gasteiger partial charge >= 0.3 is 0 Å². The molecule has 1 unspecified atom stereocenters. The van der Waals surface area contributed by atoms with Crippen molar-refractivity contribution < 1.29 is 13.2 Å². The van der Waals surface area contributed by atoms with E-state index in [0.29, 0.717) is 36.0 Å². The second-order valence-electron chi connectivity index (χ2n) is 6.98.